The quantitative estimate of drug-likeness (QED) is 0.678. The fraction of sp³-hybridized carbons (Fsp3) is 0.571. The number of hydrogen-bond acceptors (Lipinski definition) is 4. The van der Waals surface area contributed by atoms with E-state index in [0.717, 1.165) is 41.9 Å². The molecule has 0 saturated heterocycles. The highest BCUT2D eigenvalue weighted by atomic mass is 79.9. The second-order valence-electron chi connectivity index (χ2n) is 7.78. The van der Waals surface area contributed by atoms with Crippen LogP contribution in [0.25, 0.3) is 0 Å². The summed E-state index contributed by atoms with van der Waals surface area (Å²) in [5.41, 5.74) is 2.16. The van der Waals surface area contributed by atoms with Crippen LogP contribution in [0.3, 0.4) is 0 Å². The van der Waals surface area contributed by atoms with Crippen LogP contribution in [-0.4, -0.2) is 43.0 Å². The topological polar surface area (TPSA) is 38.8 Å². The van der Waals surface area contributed by atoms with E-state index in [1.54, 1.807) is 7.11 Å². The molecular formula is C21H26BrNO3. The van der Waals surface area contributed by atoms with Crippen LogP contribution in [0.5, 0.6) is 11.5 Å². The van der Waals surface area contributed by atoms with E-state index in [-0.39, 0.29) is 11.2 Å². The summed E-state index contributed by atoms with van der Waals surface area (Å²) in [6, 6.07) is 2.37. The Morgan fingerprint density at radius 2 is 2.31 bits per heavy atom. The molecule has 4 rings (SSSR count). The first-order valence-electron chi connectivity index (χ1n) is 9.41. The van der Waals surface area contributed by atoms with Crippen molar-refractivity contribution in [2.75, 3.05) is 20.2 Å². The monoisotopic (exact) mass is 419 g/mol. The average Bonchev–Trinajstić information content (AvgIpc) is 2.95. The molecule has 5 heteroatoms. The zero-order valence-electron chi connectivity index (χ0n) is 15.7. The molecule has 1 fully saturated rings. The second kappa shape index (κ2) is 6.38. The largest absolute Gasteiger partial charge is 0.493 e. The first kappa shape index (κ1) is 18.1. The Morgan fingerprint density at radius 1 is 1.54 bits per heavy atom. The Bertz CT molecular complexity index is 777. The average molecular weight is 420 g/mol. The van der Waals surface area contributed by atoms with Crippen molar-refractivity contribution in [1.29, 1.82) is 0 Å². The molecule has 140 valence electrons. The van der Waals surface area contributed by atoms with Gasteiger partial charge in [-0.15, -0.1) is 6.58 Å². The maximum absolute atomic E-state index is 12.8. The minimum Gasteiger partial charge on any atom is -0.493 e. The summed E-state index contributed by atoms with van der Waals surface area (Å²) in [6.07, 6.45) is 4.05. The van der Waals surface area contributed by atoms with Crippen molar-refractivity contribution in [1.82, 2.24) is 4.90 Å². The van der Waals surface area contributed by atoms with E-state index in [4.69, 9.17) is 9.47 Å². The van der Waals surface area contributed by atoms with Gasteiger partial charge in [0.2, 0.25) is 0 Å². The molecular weight excluding hydrogens is 394 g/mol. The maximum atomic E-state index is 12.8. The number of ketones is 1. The van der Waals surface area contributed by atoms with Crippen molar-refractivity contribution in [3.05, 3.63) is 34.3 Å². The molecule has 0 amide bonds. The number of methoxy groups -OCH3 is 1. The molecule has 0 spiro atoms. The van der Waals surface area contributed by atoms with Gasteiger partial charge in [-0.3, -0.25) is 9.69 Å². The highest BCUT2D eigenvalue weighted by Gasteiger charge is 2.62. The van der Waals surface area contributed by atoms with E-state index in [2.05, 4.69) is 41.3 Å². The molecule has 0 radical (unpaired) electrons. The molecule has 0 bridgehead atoms. The molecule has 1 aromatic carbocycles. The first-order chi connectivity index (χ1) is 12.5. The lowest BCUT2D eigenvalue weighted by atomic mass is 9.55. The Kier molecular flexibility index (Phi) is 4.43. The number of nitrogens with zero attached hydrogens (tertiary/aromatic N) is 1. The van der Waals surface area contributed by atoms with Crippen LogP contribution in [0.4, 0.5) is 0 Å². The van der Waals surface area contributed by atoms with Gasteiger partial charge in [-0.2, -0.15) is 0 Å². The van der Waals surface area contributed by atoms with Crippen molar-refractivity contribution in [3.63, 3.8) is 0 Å². The van der Waals surface area contributed by atoms with Crippen LogP contribution >= 0.6 is 15.9 Å². The summed E-state index contributed by atoms with van der Waals surface area (Å²) in [5, 5.41) is 0. The molecule has 3 aliphatic rings. The van der Waals surface area contributed by atoms with Gasteiger partial charge < -0.3 is 9.47 Å². The predicted molar refractivity (Wildman–Crippen MR) is 105 cm³/mol. The highest BCUT2D eigenvalue weighted by Crippen LogP contribution is 2.61. The molecule has 4 atom stereocenters. The van der Waals surface area contributed by atoms with Crippen LogP contribution in [0, 0.1) is 5.92 Å². The molecule has 0 N–H and O–H groups in total. The van der Waals surface area contributed by atoms with E-state index >= 15 is 0 Å². The van der Waals surface area contributed by atoms with Gasteiger partial charge >= 0.3 is 0 Å². The lowest BCUT2D eigenvalue weighted by molar-refractivity contribution is -0.134. The van der Waals surface area contributed by atoms with Crippen molar-refractivity contribution in [2.24, 2.45) is 5.92 Å². The molecule has 26 heavy (non-hydrogen) atoms. The third kappa shape index (κ3) is 2.26. The normalized spacial score (nSPS) is 31.6. The number of halogens is 1. The van der Waals surface area contributed by atoms with E-state index in [0.29, 0.717) is 18.4 Å². The van der Waals surface area contributed by atoms with E-state index in [1.165, 1.54) is 11.1 Å². The Hall–Kier alpha value is -1.33. The Morgan fingerprint density at radius 3 is 2.96 bits per heavy atom. The van der Waals surface area contributed by atoms with Crippen molar-refractivity contribution in [3.8, 4) is 11.5 Å². The minimum atomic E-state index is -0.400. The fourth-order valence-electron chi connectivity index (χ4n) is 5.56. The van der Waals surface area contributed by atoms with Gasteiger partial charge in [0, 0.05) is 34.5 Å². The van der Waals surface area contributed by atoms with Gasteiger partial charge in [0.05, 0.1) is 7.11 Å². The predicted octanol–water partition coefficient (Wildman–Crippen LogP) is 3.89. The fourth-order valence-corrected chi connectivity index (χ4v) is 6.13. The first-order valence-corrected chi connectivity index (χ1v) is 10.2. The number of Topliss-reactive ketones (excluding diaryl/α,β-unsaturated/α-hetero) is 1. The van der Waals surface area contributed by atoms with Gasteiger partial charge in [-0.05, 0) is 36.9 Å². The zero-order valence-corrected chi connectivity index (χ0v) is 17.3. The summed E-state index contributed by atoms with van der Waals surface area (Å²) in [6.45, 7) is 10.2. The Labute approximate surface area is 163 Å². The van der Waals surface area contributed by atoms with Gasteiger partial charge in [0.25, 0.3) is 0 Å². The molecule has 2 aliphatic carbocycles. The number of ether oxygens (including phenoxy) is 2. The Balaban J connectivity index is 1.93. The number of rotatable bonds is 5. The van der Waals surface area contributed by atoms with Crippen LogP contribution < -0.4 is 9.47 Å². The lowest BCUT2D eigenvalue weighted by Gasteiger charge is -2.51. The number of carbonyl (C=O) groups is 1. The smallest absolute Gasteiger partial charge is 0.174 e. The maximum Gasteiger partial charge on any atom is 0.174 e. The number of benzene rings is 1. The number of carbonyl (C=O) groups excluding carboxylic acids is 1. The van der Waals surface area contributed by atoms with Gasteiger partial charge in [-0.1, -0.05) is 35.9 Å². The molecule has 0 aromatic heterocycles. The van der Waals surface area contributed by atoms with Crippen LogP contribution in [0.15, 0.2) is 23.2 Å². The SMILES string of the molecule is C=CCN(CC)C1Cc2c(Br)cc(OC)c3c2[C@@]2(C)C1CCC(=O)[C@H]2O3. The molecule has 1 aliphatic heterocycles. The standard InChI is InChI=1S/C21H26BrNO3/c1-5-9-23(6-2)15-10-12-14(22)11-17(25-4)19-18(12)21(3)13(15)7-8-16(24)20(21)26-19/h5,11,13,15,20H,1,6-10H2,2-4H3/t13?,15?,20-,21-/m1/s1. The van der Waals surface area contributed by atoms with Crippen LogP contribution in [0.2, 0.25) is 0 Å². The third-order valence-corrected chi connectivity index (χ3v) is 7.43. The van der Waals surface area contributed by atoms with Crippen LogP contribution in [0.1, 0.15) is 37.8 Å². The number of likely N-dealkylation sites (N-methyl/N-ethyl adjacent to an activating group) is 1. The van der Waals surface area contributed by atoms with E-state index < -0.39 is 6.10 Å². The van der Waals surface area contributed by atoms with Crippen molar-refractivity contribution < 1.29 is 14.3 Å². The van der Waals surface area contributed by atoms with Crippen LogP contribution in [-0.2, 0) is 16.6 Å². The second-order valence-corrected chi connectivity index (χ2v) is 8.64. The molecule has 4 nitrogen and oxygen atoms in total. The molecule has 2 unspecified atom stereocenters. The van der Waals surface area contributed by atoms with Gasteiger partial charge in [0.1, 0.15) is 0 Å². The zero-order chi connectivity index (χ0) is 18.6. The summed E-state index contributed by atoms with van der Waals surface area (Å²) in [5.74, 6) is 2.10. The lowest BCUT2D eigenvalue weighted by Crippen LogP contribution is -2.60. The van der Waals surface area contributed by atoms with E-state index in [1.807, 2.05) is 12.1 Å². The summed E-state index contributed by atoms with van der Waals surface area (Å²) < 4.78 is 12.9. The number of hydrogen-bond donors (Lipinski definition) is 0. The third-order valence-electron chi connectivity index (χ3n) is 6.72. The van der Waals surface area contributed by atoms with Gasteiger partial charge in [-0.25, -0.2) is 0 Å². The highest BCUT2D eigenvalue weighted by molar-refractivity contribution is 9.10. The molecule has 1 saturated carbocycles. The molecule has 1 heterocycles. The molecule has 1 aromatic rings. The summed E-state index contributed by atoms with van der Waals surface area (Å²) in [7, 11) is 1.66. The van der Waals surface area contributed by atoms with Gasteiger partial charge in [0.15, 0.2) is 23.4 Å². The van der Waals surface area contributed by atoms with E-state index in [9.17, 15) is 4.79 Å². The summed E-state index contributed by atoms with van der Waals surface area (Å²) >= 11 is 3.76. The minimum absolute atomic E-state index is 0.219. The van der Waals surface area contributed by atoms with Crippen molar-refractivity contribution >= 4 is 21.7 Å². The van der Waals surface area contributed by atoms with Crippen molar-refractivity contribution in [2.45, 2.75) is 50.7 Å². The summed E-state index contributed by atoms with van der Waals surface area (Å²) in [4.78, 5) is 15.3.